The molecule has 3 atom stereocenters. The van der Waals surface area contributed by atoms with Crippen molar-refractivity contribution in [1.29, 1.82) is 0 Å². The Labute approximate surface area is 80.3 Å². The van der Waals surface area contributed by atoms with Gasteiger partial charge in [0.2, 0.25) is 0 Å². The van der Waals surface area contributed by atoms with Crippen molar-refractivity contribution < 1.29 is 9.84 Å². The highest BCUT2D eigenvalue weighted by molar-refractivity contribution is 4.81. The summed E-state index contributed by atoms with van der Waals surface area (Å²) in [6, 6.07) is 0. The number of aliphatic hydroxyl groups is 1. The predicted molar refractivity (Wildman–Crippen MR) is 51.5 cm³/mol. The zero-order valence-electron chi connectivity index (χ0n) is 8.41. The maximum Gasteiger partial charge on any atom is 0.0840 e. The second-order valence-corrected chi connectivity index (χ2v) is 4.71. The van der Waals surface area contributed by atoms with Crippen LogP contribution < -0.4 is 0 Å². The first-order chi connectivity index (χ1) is 6.25. The van der Waals surface area contributed by atoms with Gasteiger partial charge in [0.1, 0.15) is 0 Å². The molecule has 3 unspecified atom stereocenters. The first-order valence-corrected chi connectivity index (χ1v) is 5.59. The Hall–Kier alpha value is -0.0800. The van der Waals surface area contributed by atoms with Crippen molar-refractivity contribution in [3.05, 3.63) is 0 Å². The monoisotopic (exact) mass is 184 g/mol. The minimum Gasteiger partial charge on any atom is -0.390 e. The summed E-state index contributed by atoms with van der Waals surface area (Å²) in [4.78, 5) is 0. The highest BCUT2D eigenvalue weighted by atomic mass is 16.5. The quantitative estimate of drug-likeness (QED) is 0.712. The maximum atomic E-state index is 9.73. The fraction of sp³-hybridized carbons (Fsp3) is 1.00. The molecule has 0 aromatic carbocycles. The fourth-order valence-electron chi connectivity index (χ4n) is 2.21. The summed E-state index contributed by atoms with van der Waals surface area (Å²) in [7, 11) is 0. The van der Waals surface area contributed by atoms with Crippen LogP contribution in [0.3, 0.4) is 0 Å². The van der Waals surface area contributed by atoms with Crippen LogP contribution in [-0.4, -0.2) is 23.4 Å². The molecule has 2 nitrogen and oxygen atoms in total. The highest BCUT2D eigenvalue weighted by Gasteiger charge is 2.31. The summed E-state index contributed by atoms with van der Waals surface area (Å²) < 4.78 is 5.86. The van der Waals surface area contributed by atoms with E-state index in [0.29, 0.717) is 6.10 Å². The average molecular weight is 184 g/mol. The summed E-state index contributed by atoms with van der Waals surface area (Å²) in [6.45, 7) is 2.25. The molecular weight excluding hydrogens is 164 g/mol. The van der Waals surface area contributed by atoms with E-state index in [-0.39, 0.29) is 12.2 Å². The predicted octanol–water partition coefficient (Wildman–Crippen LogP) is 2.10. The van der Waals surface area contributed by atoms with Crippen molar-refractivity contribution in [3.63, 3.8) is 0 Å². The molecule has 2 fully saturated rings. The Bertz CT molecular complexity index is 165. The summed E-state index contributed by atoms with van der Waals surface area (Å²) >= 11 is 0. The molecule has 2 saturated carbocycles. The standard InChI is InChI=1S/C11H20O2/c1-8-5-6-10(12)11(7-8)13-9-3-2-4-9/h8-12H,2-7H2,1H3. The summed E-state index contributed by atoms with van der Waals surface area (Å²) in [6.07, 6.45) is 7.26. The van der Waals surface area contributed by atoms with Gasteiger partial charge in [0, 0.05) is 0 Å². The summed E-state index contributed by atoms with van der Waals surface area (Å²) in [5.74, 6) is 0.730. The summed E-state index contributed by atoms with van der Waals surface area (Å²) in [5, 5.41) is 9.73. The van der Waals surface area contributed by atoms with Crippen LogP contribution in [0.15, 0.2) is 0 Å². The molecule has 76 valence electrons. The lowest BCUT2D eigenvalue weighted by atomic mass is 9.86. The Balaban J connectivity index is 1.80. The number of hydrogen-bond acceptors (Lipinski definition) is 2. The second kappa shape index (κ2) is 3.97. The van der Waals surface area contributed by atoms with Crippen LogP contribution in [0.25, 0.3) is 0 Å². The number of ether oxygens (including phenoxy) is 1. The van der Waals surface area contributed by atoms with E-state index < -0.39 is 0 Å². The summed E-state index contributed by atoms with van der Waals surface area (Å²) in [5.41, 5.74) is 0. The largest absolute Gasteiger partial charge is 0.390 e. The maximum absolute atomic E-state index is 9.73. The van der Waals surface area contributed by atoms with Crippen molar-refractivity contribution in [3.8, 4) is 0 Å². The van der Waals surface area contributed by atoms with Crippen molar-refractivity contribution in [1.82, 2.24) is 0 Å². The van der Waals surface area contributed by atoms with Crippen LogP contribution in [0, 0.1) is 5.92 Å². The van der Waals surface area contributed by atoms with Crippen LogP contribution >= 0.6 is 0 Å². The van der Waals surface area contributed by atoms with Crippen LogP contribution in [0.4, 0.5) is 0 Å². The normalized spacial score (nSPS) is 41.5. The van der Waals surface area contributed by atoms with Crippen molar-refractivity contribution in [2.75, 3.05) is 0 Å². The van der Waals surface area contributed by atoms with Crippen LogP contribution in [0.1, 0.15) is 45.4 Å². The van der Waals surface area contributed by atoms with Gasteiger partial charge in [-0.2, -0.15) is 0 Å². The molecule has 0 aliphatic heterocycles. The molecule has 2 heteroatoms. The molecule has 0 aromatic rings. The van der Waals surface area contributed by atoms with Gasteiger partial charge in [0.05, 0.1) is 18.3 Å². The smallest absolute Gasteiger partial charge is 0.0840 e. The molecule has 0 amide bonds. The van der Waals surface area contributed by atoms with E-state index in [1.807, 2.05) is 0 Å². The second-order valence-electron chi connectivity index (χ2n) is 4.71. The molecule has 0 radical (unpaired) electrons. The van der Waals surface area contributed by atoms with E-state index in [1.54, 1.807) is 0 Å². The zero-order chi connectivity index (χ0) is 9.26. The minimum absolute atomic E-state index is 0.133. The number of rotatable bonds is 2. The molecule has 0 heterocycles. The zero-order valence-corrected chi connectivity index (χ0v) is 8.41. The molecule has 2 aliphatic rings. The van der Waals surface area contributed by atoms with E-state index in [9.17, 15) is 5.11 Å². The Kier molecular flexibility index (Phi) is 2.89. The highest BCUT2D eigenvalue weighted by Crippen LogP contribution is 2.31. The third kappa shape index (κ3) is 2.23. The van der Waals surface area contributed by atoms with Crippen LogP contribution in [-0.2, 0) is 4.74 Å². The van der Waals surface area contributed by atoms with E-state index in [1.165, 1.54) is 19.3 Å². The molecule has 0 aromatic heterocycles. The molecule has 13 heavy (non-hydrogen) atoms. The van der Waals surface area contributed by atoms with Gasteiger partial charge in [-0.05, 0) is 44.4 Å². The van der Waals surface area contributed by atoms with Gasteiger partial charge in [0.25, 0.3) is 0 Å². The Morgan fingerprint density at radius 3 is 2.54 bits per heavy atom. The van der Waals surface area contributed by atoms with Crippen LogP contribution in [0.2, 0.25) is 0 Å². The van der Waals surface area contributed by atoms with E-state index in [2.05, 4.69) is 6.92 Å². The van der Waals surface area contributed by atoms with Gasteiger partial charge >= 0.3 is 0 Å². The number of hydrogen-bond donors (Lipinski definition) is 1. The molecule has 2 aliphatic carbocycles. The molecule has 0 spiro atoms. The lowest BCUT2D eigenvalue weighted by Gasteiger charge is -2.37. The van der Waals surface area contributed by atoms with Gasteiger partial charge < -0.3 is 9.84 Å². The molecule has 0 bridgehead atoms. The third-order valence-electron chi connectivity index (χ3n) is 3.44. The lowest BCUT2D eigenvalue weighted by molar-refractivity contribution is -0.123. The molecule has 1 N–H and O–H groups in total. The van der Waals surface area contributed by atoms with Gasteiger partial charge in [-0.15, -0.1) is 0 Å². The van der Waals surface area contributed by atoms with Crippen molar-refractivity contribution in [2.45, 2.75) is 63.8 Å². The third-order valence-corrected chi connectivity index (χ3v) is 3.44. The average Bonchev–Trinajstić information content (AvgIpc) is 2.03. The molecular formula is C11H20O2. The van der Waals surface area contributed by atoms with E-state index in [4.69, 9.17) is 4.74 Å². The molecule has 0 saturated heterocycles. The fourth-order valence-corrected chi connectivity index (χ4v) is 2.21. The van der Waals surface area contributed by atoms with Crippen molar-refractivity contribution >= 4 is 0 Å². The lowest BCUT2D eigenvalue weighted by Crippen LogP contribution is -2.39. The molecule has 2 rings (SSSR count). The van der Waals surface area contributed by atoms with Crippen molar-refractivity contribution in [2.24, 2.45) is 5.92 Å². The van der Waals surface area contributed by atoms with E-state index in [0.717, 1.165) is 25.2 Å². The van der Waals surface area contributed by atoms with Gasteiger partial charge in [-0.25, -0.2) is 0 Å². The van der Waals surface area contributed by atoms with Gasteiger partial charge in [0.15, 0.2) is 0 Å². The first kappa shape index (κ1) is 9.47. The minimum atomic E-state index is -0.197. The topological polar surface area (TPSA) is 29.5 Å². The first-order valence-electron chi connectivity index (χ1n) is 5.59. The SMILES string of the molecule is CC1CCC(O)C(OC2CCC2)C1. The van der Waals surface area contributed by atoms with Gasteiger partial charge in [-0.1, -0.05) is 6.92 Å². The van der Waals surface area contributed by atoms with Crippen LogP contribution in [0.5, 0.6) is 0 Å². The Morgan fingerprint density at radius 2 is 1.92 bits per heavy atom. The van der Waals surface area contributed by atoms with E-state index >= 15 is 0 Å². The number of aliphatic hydroxyl groups excluding tert-OH is 1. The Morgan fingerprint density at radius 1 is 1.15 bits per heavy atom. The van der Waals surface area contributed by atoms with Gasteiger partial charge in [-0.3, -0.25) is 0 Å².